The van der Waals surface area contributed by atoms with Crippen LogP contribution in [0.1, 0.15) is 21.5 Å². The van der Waals surface area contributed by atoms with Crippen molar-refractivity contribution >= 4 is 15.9 Å². The van der Waals surface area contributed by atoms with E-state index >= 15 is 0 Å². The maximum absolute atomic E-state index is 12.6. The molecule has 0 aliphatic heterocycles. The maximum Gasteiger partial charge on any atom is 0.278 e. The summed E-state index contributed by atoms with van der Waals surface area (Å²) in [4.78, 5) is 17.0. The van der Waals surface area contributed by atoms with E-state index in [2.05, 4.69) is 4.99 Å². The molecular weight excluding hydrogens is 386 g/mol. The van der Waals surface area contributed by atoms with Gasteiger partial charge in [0.05, 0.1) is 4.90 Å². The molecule has 0 unspecified atom stereocenters. The second-order valence-corrected chi connectivity index (χ2v) is 9.05. The van der Waals surface area contributed by atoms with Crippen molar-refractivity contribution in [2.24, 2.45) is 4.99 Å². The molecule has 3 aromatic rings. The van der Waals surface area contributed by atoms with Crippen LogP contribution in [0, 0.1) is 6.92 Å². The summed E-state index contributed by atoms with van der Waals surface area (Å²) in [6, 6.07) is 19.5. The minimum atomic E-state index is -3.54. The first-order valence-electron chi connectivity index (χ1n) is 9.10. The Morgan fingerprint density at radius 3 is 2.24 bits per heavy atom. The summed E-state index contributed by atoms with van der Waals surface area (Å²) in [5, 5.41) is 0. The van der Waals surface area contributed by atoms with Crippen molar-refractivity contribution < 1.29 is 13.2 Å². The lowest BCUT2D eigenvalue weighted by Crippen LogP contribution is -2.23. The molecule has 6 nitrogen and oxygen atoms in total. The van der Waals surface area contributed by atoms with Gasteiger partial charge in [0, 0.05) is 32.4 Å². The summed E-state index contributed by atoms with van der Waals surface area (Å²) >= 11 is 0. The fourth-order valence-corrected chi connectivity index (χ4v) is 3.64. The Morgan fingerprint density at radius 1 is 0.966 bits per heavy atom. The molecule has 0 atom stereocenters. The van der Waals surface area contributed by atoms with Crippen molar-refractivity contribution in [2.45, 2.75) is 18.4 Å². The zero-order valence-corrected chi connectivity index (χ0v) is 17.4. The number of carbonyl (C=O) groups excluding carboxylic acids is 1. The first-order chi connectivity index (χ1) is 13.8. The van der Waals surface area contributed by atoms with Gasteiger partial charge in [-0.3, -0.25) is 4.79 Å². The second kappa shape index (κ2) is 8.55. The van der Waals surface area contributed by atoms with Gasteiger partial charge in [0.25, 0.3) is 5.91 Å². The third-order valence-corrected chi connectivity index (χ3v) is 6.32. The SMILES string of the molecule is Cc1ccc(Cn2ccccc2=NC(=O)c2ccc(S(=O)(=O)N(C)C)cc2)cc1. The highest BCUT2D eigenvalue weighted by molar-refractivity contribution is 7.89. The highest BCUT2D eigenvalue weighted by Gasteiger charge is 2.17. The summed E-state index contributed by atoms with van der Waals surface area (Å²) in [5.41, 5.74) is 3.15. The van der Waals surface area contributed by atoms with Gasteiger partial charge in [0.15, 0.2) is 0 Å². The molecule has 7 heteroatoms. The van der Waals surface area contributed by atoms with Gasteiger partial charge in [0.1, 0.15) is 5.49 Å². The molecule has 0 spiro atoms. The van der Waals surface area contributed by atoms with Gasteiger partial charge in [-0.1, -0.05) is 35.9 Å². The fraction of sp³-hybridized carbons (Fsp3) is 0.182. The summed E-state index contributed by atoms with van der Waals surface area (Å²) in [5.74, 6) is -0.428. The first-order valence-corrected chi connectivity index (χ1v) is 10.5. The molecule has 0 fully saturated rings. The Labute approximate surface area is 170 Å². The molecule has 0 saturated carbocycles. The average molecular weight is 410 g/mol. The van der Waals surface area contributed by atoms with Crippen LogP contribution in [0.2, 0.25) is 0 Å². The van der Waals surface area contributed by atoms with Crippen molar-refractivity contribution in [2.75, 3.05) is 14.1 Å². The van der Waals surface area contributed by atoms with Crippen LogP contribution in [0.4, 0.5) is 0 Å². The maximum atomic E-state index is 12.6. The summed E-state index contributed by atoms with van der Waals surface area (Å²) in [6.45, 7) is 2.63. The van der Waals surface area contributed by atoms with Crippen molar-refractivity contribution in [3.05, 3.63) is 95.1 Å². The number of carbonyl (C=O) groups is 1. The highest BCUT2D eigenvalue weighted by atomic mass is 32.2. The van der Waals surface area contributed by atoms with E-state index < -0.39 is 15.9 Å². The van der Waals surface area contributed by atoms with E-state index in [1.165, 1.54) is 43.9 Å². The van der Waals surface area contributed by atoms with Crippen LogP contribution < -0.4 is 5.49 Å². The Morgan fingerprint density at radius 2 is 1.62 bits per heavy atom. The normalized spacial score (nSPS) is 12.3. The van der Waals surface area contributed by atoms with E-state index in [4.69, 9.17) is 0 Å². The summed E-state index contributed by atoms with van der Waals surface area (Å²) < 4.78 is 27.3. The number of aryl methyl sites for hydroxylation is 1. The lowest BCUT2D eigenvalue weighted by atomic mass is 10.1. The molecule has 29 heavy (non-hydrogen) atoms. The predicted molar refractivity (Wildman–Crippen MR) is 112 cm³/mol. The van der Waals surface area contributed by atoms with Gasteiger partial charge in [-0.05, 0) is 48.9 Å². The molecular formula is C22H23N3O3S. The number of aromatic nitrogens is 1. The number of sulfonamides is 1. The topological polar surface area (TPSA) is 71.7 Å². The molecule has 1 aromatic heterocycles. The van der Waals surface area contributed by atoms with Crippen molar-refractivity contribution in [3.63, 3.8) is 0 Å². The number of hydrogen-bond donors (Lipinski definition) is 0. The Hall–Kier alpha value is -3.03. The monoisotopic (exact) mass is 409 g/mol. The van der Waals surface area contributed by atoms with Crippen LogP contribution in [-0.4, -0.2) is 37.3 Å². The minimum absolute atomic E-state index is 0.133. The van der Waals surface area contributed by atoms with Crippen molar-refractivity contribution in [3.8, 4) is 0 Å². The van der Waals surface area contributed by atoms with E-state index in [1.54, 1.807) is 6.07 Å². The van der Waals surface area contributed by atoms with E-state index in [0.29, 0.717) is 17.6 Å². The van der Waals surface area contributed by atoms with E-state index in [1.807, 2.05) is 54.1 Å². The van der Waals surface area contributed by atoms with Gasteiger partial charge in [-0.25, -0.2) is 12.7 Å². The first kappa shape index (κ1) is 20.7. The largest absolute Gasteiger partial charge is 0.328 e. The van der Waals surface area contributed by atoms with Crippen LogP contribution in [0.5, 0.6) is 0 Å². The van der Waals surface area contributed by atoms with Gasteiger partial charge in [0.2, 0.25) is 10.0 Å². The van der Waals surface area contributed by atoms with Gasteiger partial charge in [-0.2, -0.15) is 4.99 Å². The lowest BCUT2D eigenvalue weighted by molar-refractivity contribution is 0.0997. The van der Waals surface area contributed by atoms with Crippen LogP contribution >= 0.6 is 0 Å². The molecule has 150 valence electrons. The highest BCUT2D eigenvalue weighted by Crippen LogP contribution is 2.14. The molecule has 1 heterocycles. The van der Waals surface area contributed by atoms with Gasteiger partial charge in [-0.15, -0.1) is 0 Å². The molecule has 0 saturated heterocycles. The zero-order valence-electron chi connectivity index (χ0n) is 16.6. The van der Waals surface area contributed by atoms with Crippen LogP contribution in [0.3, 0.4) is 0 Å². The van der Waals surface area contributed by atoms with E-state index in [0.717, 1.165) is 9.87 Å². The molecule has 0 radical (unpaired) electrons. The zero-order chi connectivity index (χ0) is 21.0. The number of hydrogen-bond acceptors (Lipinski definition) is 3. The predicted octanol–water partition coefficient (Wildman–Crippen LogP) is 2.84. The molecule has 2 aromatic carbocycles. The lowest BCUT2D eigenvalue weighted by Gasteiger charge is -2.11. The molecule has 3 rings (SSSR count). The number of nitrogens with zero attached hydrogens (tertiary/aromatic N) is 3. The summed E-state index contributed by atoms with van der Waals surface area (Å²) in [6.07, 6.45) is 1.87. The minimum Gasteiger partial charge on any atom is -0.328 e. The van der Waals surface area contributed by atoms with E-state index in [9.17, 15) is 13.2 Å². The van der Waals surface area contributed by atoms with Gasteiger partial charge >= 0.3 is 0 Å². The van der Waals surface area contributed by atoms with Crippen LogP contribution in [0.15, 0.2) is 82.8 Å². The molecule has 1 amide bonds. The third kappa shape index (κ3) is 4.88. The standard InChI is InChI=1S/C22H23N3O3S/c1-17-7-9-18(10-8-17)16-25-15-5-4-6-21(25)23-22(26)19-11-13-20(14-12-19)29(27,28)24(2)3/h4-15H,16H2,1-3H3. The van der Waals surface area contributed by atoms with E-state index in [-0.39, 0.29) is 4.90 Å². The number of benzene rings is 2. The van der Waals surface area contributed by atoms with Crippen molar-refractivity contribution in [1.82, 2.24) is 8.87 Å². The number of pyridine rings is 1. The third-order valence-electron chi connectivity index (χ3n) is 4.49. The number of rotatable bonds is 5. The quantitative estimate of drug-likeness (QED) is 0.651. The van der Waals surface area contributed by atoms with Gasteiger partial charge < -0.3 is 4.57 Å². The summed E-state index contributed by atoms with van der Waals surface area (Å²) in [7, 11) is -0.607. The molecule has 0 bridgehead atoms. The molecule has 0 N–H and O–H groups in total. The second-order valence-electron chi connectivity index (χ2n) is 6.90. The molecule has 0 aliphatic carbocycles. The van der Waals surface area contributed by atoms with Crippen molar-refractivity contribution in [1.29, 1.82) is 0 Å². The van der Waals surface area contributed by atoms with Crippen LogP contribution in [0.25, 0.3) is 0 Å². The Bertz CT molecular complexity index is 1180. The fourth-order valence-electron chi connectivity index (χ4n) is 2.74. The van der Waals surface area contributed by atoms with Crippen LogP contribution in [-0.2, 0) is 16.6 Å². The average Bonchev–Trinajstić information content (AvgIpc) is 2.71. The Kier molecular flexibility index (Phi) is 6.10. The Balaban J connectivity index is 1.89. The molecule has 0 aliphatic rings. The smallest absolute Gasteiger partial charge is 0.278 e. The number of amides is 1.